The molecule has 0 bridgehead atoms. The van der Waals surface area contributed by atoms with Crippen LogP contribution < -0.4 is 15.5 Å². The maximum Gasteiger partial charge on any atom is 0.434 e. The van der Waals surface area contributed by atoms with Crippen molar-refractivity contribution in [3.63, 3.8) is 0 Å². The number of nitrogens with zero attached hydrogens (tertiary/aromatic N) is 6. The van der Waals surface area contributed by atoms with Gasteiger partial charge in [-0.1, -0.05) is 6.07 Å². The number of nitrogens with one attached hydrogen (secondary N) is 2. The van der Waals surface area contributed by atoms with Gasteiger partial charge in [-0.25, -0.2) is 24.8 Å². The number of thiazole rings is 1. The number of aromatic nitrogens is 4. The third kappa shape index (κ3) is 6.25. The SMILES string of the molecule is [C-]#[N+]c1ccc(N2CCc3c(ncnc3Nc3ccc(C(=O)NCc4nc(C(F)(F)F)cs4)cn3)C2)cc1C(F)(F)F. The van der Waals surface area contributed by atoms with Gasteiger partial charge >= 0.3 is 12.4 Å². The molecule has 0 radical (unpaired) electrons. The number of halogens is 6. The molecule has 4 aromatic rings. The third-order valence-electron chi connectivity index (χ3n) is 6.29. The van der Waals surface area contributed by atoms with Gasteiger partial charge in [0.1, 0.15) is 23.0 Å². The number of alkyl halides is 6. The Morgan fingerprint density at radius 3 is 2.55 bits per heavy atom. The molecule has 16 heteroatoms. The number of amides is 1. The van der Waals surface area contributed by atoms with Crippen molar-refractivity contribution in [1.29, 1.82) is 0 Å². The highest BCUT2D eigenvalue weighted by atomic mass is 32.1. The van der Waals surface area contributed by atoms with Crippen LogP contribution in [0.15, 0.2) is 48.2 Å². The minimum absolute atomic E-state index is 0.107. The second-order valence-corrected chi connectivity index (χ2v) is 9.94. The predicted octanol–water partition coefficient (Wildman–Crippen LogP) is 6.15. The van der Waals surface area contributed by atoms with Crippen LogP contribution >= 0.6 is 11.3 Å². The van der Waals surface area contributed by atoms with E-state index in [9.17, 15) is 31.1 Å². The van der Waals surface area contributed by atoms with E-state index < -0.39 is 35.2 Å². The van der Waals surface area contributed by atoms with Gasteiger partial charge < -0.3 is 15.5 Å². The zero-order chi connectivity index (χ0) is 30.1. The lowest BCUT2D eigenvalue weighted by atomic mass is 10.0. The van der Waals surface area contributed by atoms with Gasteiger partial charge in [-0.2, -0.15) is 26.3 Å². The van der Waals surface area contributed by atoms with Crippen molar-refractivity contribution in [1.82, 2.24) is 25.3 Å². The van der Waals surface area contributed by atoms with E-state index in [0.717, 1.165) is 34.4 Å². The first-order chi connectivity index (χ1) is 19.9. The minimum Gasteiger partial charge on any atom is -0.365 e. The number of hydrogen-bond acceptors (Lipinski definition) is 8. The van der Waals surface area contributed by atoms with Crippen LogP contribution in [-0.2, 0) is 31.9 Å². The highest BCUT2D eigenvalue weighted by molar-refractivity contribution is 7.09. The summed E-state index contributed by atoms with van der Waals surface area (Å²) in [6, 6.07) is 6.62. The van der Waals surface area contributed by atoms with Gasteiger partial charge in [-0.15, -0.1) is 11.3 Å². The largest absolute Gasteiger partial charge is 0.434 e. The summed E-state index contributed by atoms with van der Waals surface area (Å²) >= 11 is 0.788. The summed E-state index contributed by atoms with van der Waals surface area (Å²) < 4.78 is 78.4. The Morgan fingerprint density at radius 1 is 1.07 bits per heavy atom. The molecule has 1 aliphatic heterocycles. The van der Waals surface area contributed by atoms with E-state index in [4.69, 9.17) is 6.57 Å². The topological polar surface area (TPSA) is 100 Å². The van der Waals surface area contributed by atoms with E-state index >= 15 is 0 Å². The Balaban J connectivity index is 1.24. The molecule has 0 spiro atoms. The van der Waals surface area contributed by atoms with E-state index in [0.29, 0.717) is 36.0 Å². The van der Waals surface area contributed by atoms with Crippen molar-refractivity contribution in [2.75, 3.05) is 16.8 Å². The molecule has 5 rings (SSSR count). The van der Waals surface area contributed by atoms with Crippen molar-refractivity contribution in [2.24, 2.45) is 0 Å². The van der Waals surface area contributed by atoms with E-state index in [1.807, 2.05) is 0 Å². The molecular formula is C26H18F6N8OS. The lowest BCUT2D eigenvalue weighted by Gasteiger charge is -2.31. The molecule has 0 fully saturated rings. The van der Waals surface area contributed by atoms with E-state index in [2.05, 4.69) is 35.4 Å². The molecule has 216 valence electrons. The van der Waals surface area contributed by atoms with Gasteiger partial charge in [0, 0.05) is 29.4 Å². The summed E-state index contributed by atoms with van der Waals surface area (Å²) in [5.41, 5.74) is -0.614. The molecule has 2 N–H and O–H groups in total. The Labute approximate surface area is 238 Å². The monoisotopic (exact) mass is 604 g/mol. The summed E-state index contributed by atoms with van der Waals surface area (Å²) in [5.74, 6) is 0.262. The zero-order valence-corrected chi connectivity index (χ0v) is 22.0. The quantitative estimate of drug-likeness (QED) is 0.201. The average molecular weight is 605 g/mol. The highest BCUT2D eigenvalue weighted by Gasteiger charge is 2.35. The Bertz CT molecular complexity index is 1660. The zero-order valence-electron chi connectivity index (χ0n) is 21.2. The molecule has 1 amide bonds. The first-order valence-electron chi connectivity index (χ1n) is 12.1. The summed E-state index contributed by atoms with van der Waals surface area (Å²) in [7, 11) is 0. The molecule has 1 aromatic carbocycles. The fourth-order valence-corrected chi connectivity index (χ4v) is 4.97. The number of fused-ring (bicyclic) bond motifs is 1. The number of benzene rings is 1. The Kier molecular flexibility index (Phi) is 7.69. The van der Waals surface area contributed by atoms with E-state index in [1.165, 1.54) is 30.7 Å². The normalized spacial score (nSPS) is 13.3. The van der Waals surface area contributed by atoms with Crippen molar-refractivity contribution in [2.45, 2.75) is 31.9 Å². The maximum absolute atomic E-state index is 13.4. The van der Waals surface area contributed by atoms with Gasteiger partial charge in [0.15, 0.2) is 11.4 Å². The number of rotatable bonds is 6. The van der Waals surface area contributed by atoms with Gasteiger partial charge in [-0.05, 0) is 30.7 Å². The molecule has 42 heavy (non-hydrogen) atoms. The van der Waals surface area contributed by atoms with Crippen LogP contribution in [0, 0.1) is 6.57 Å². The fourth-order valence-electron chi connectivity index (χ4n) is 4.23. The Hall–Kier alpha value is -4.78. The maximum atomic E-state index is 13.4. The smallest absolute Gasteiger partial charge is 0.365 e. The molecule has 0 saturated carbocycles. The van der Waals surface area contributed by atoms with Crippen LogP contribution in [0.4, 0.5) is 49.4 Å². The molecule has 4 heterocycles. The van der Waals surface area contributed by atoms with E-state index in [1.54, 1.807) is 4.90 Å². The van der Waals surface area contributed by atoms with Crippen LogP contribution in [0.2, 0.25) is 0 Å². The molecule has 3 aromatic heterocycles. The number of carbonyl (C=O) groups is 1. The molecule has 0 saturated heterocycles. The first kappa shape index (κ1) is 28.7. The van der Waals surface area contributed by atoms with Crippen molar-refractivity contribution in [3.8, 4) is 0 Å². The van der Waals surface area contributed by atoms with Crippen molar-refractivity contribution >= 4 is 40.3 Å². The summed E-state index contributed by atoms with van der Waals surface area (Å²) in [6.45, 7) is 7.44. The third-order valence-corrected chi connectivity index (χ3v) is 7.14. The van der Waals surface area contributed by atoms with Gasteiger partial charge in [-0.3, -0.25) is 4.79 Å². The summed E-state index contributed by atoms with van der Waals surface area (Å²) in [4.78, 5) is 33.4. The predicted molar refractivity (Wildman–Crippen MR) is 140 cm³/mol. The molecule has 0 aliphatic carbocycles. The highest BCUT2D eigenvalue weighted by Crippen LogP contribution is 2.39. The molecule has 9 nitrogen and oxygen atoms in total. The number of carbonyl (C=O) groups excluding carboxylic acids is 1. The minimum atomic E-state index is -4.66. The van der Waals surface area contributed by atoms with Gasteiger partial charge in [0.2, 0.25) is 0 Å². The number of hydrogen-bond donors (Lipinski definition) is 2. The molecule has 1 aliphatic rings. The second kappa shape index (κ2) is 11.2. The summed E-state index contributed by atoms with van der Waals surface area (Å²) in [5, 5.41) is 6.55. The molecular weight excluding hydrogens is 586 g/mol. The summed E-state index contributed by atoms with van der Waals surface area (Å²) in [6.07, 6.45) is -6.19. The van der Waals surface area contributed by atoms with Crippen LogP contribution in [0.3, 0.4) is 0 Å². The number of pyridine rings is 1. The number of anilines is 3. The van der Waals surface area contributed by atoms with Crippen LogP contribution in [0.5, 0.6) is 0 Å². The van der Waals surface area contributed by atoms with Gasteiger partial charge in [0.25, 0.3) is 5.91 Å². The Morgan fingerprint density at radius 2 is 1.88 bits per heavy atom. The van der Waals surface area contributed by atoms with Crippen LogP contribution in [0.1, 0.15) is 37.9 Å². The van der Waals surface area contributed by atoms with E-state index in [-0.39, 0.29) is 23.7 Å². The van der Waals surface area contributed by atoms with Crippen molar-refractivity contribution < 1.29 is 31.1 Å². The molecule has 0 atom stereocenters. The lowest BCUT2D eigenvalue weighted by molar-refractivity contribution is -0.141. The van der Waals surface area contributed by atoms with Crippen LogP contribution in [-0.4, -0.2) is 32.4 Å². The fraction of sp³-hybridized carbons (Fsp3) is 0.231. The average Bonchev–Trinajstić information content (AvgIpc) is 3.45. The van der Waals surface area contributed by atoms with Crippen molar-refractivity contribution in [3.05, 3.63) is 92.7 Å². The second-order valence-electron chi connectivity index (χ2n) is 8.99. The van der Waals surface area contributed by atoms with Gasteiger partial charge in [0.05, 0.1) is 36.5 Å². The van der Waals surface area contributed by atoms with Crippen LogP contribution in [0.25, 0.3) is 4.85 Å². The molecule has 0 unspecified atom stereocenters. The first-order valence-corrected chi connectivity index (χ1v) is 13.0. The standard InChI is InChI=1S/C26H18F6N8OS/c1-33-18-4-3-15(8-17(18)25(27,28)29)40-7-6-16-19(11-40)36-13-37-23(16)39-21-5-2-14(9-34-21)24(41)35-10-22-38-20(12-42-22)26(30,31)32/h2-5,8-9,12-13H,6-7,10-11H2,(H,35,41)(H,34,36,37,39). The lowest BCUT2D eigenvalue weighted by Crippen LogP contribution is -2.32.